The number of rotatable bonds is 1. The minimum Gasteiger partial charge on any atom is -0.444 e. The van der Waals surface area contributed by atoms with Crippen LogP contribution in [0.15, 0.2) is 30.3 Å². The molecule has 0 radical (unpaired) electrons. The summed E-state index contributed by atoms with van der Waals surface area (Å²) >= 11 is 0. The lowest BCUT2D eigenvalue weighted by molar-refractivity contribution is -0.133. The summed E-state index contributed by atoms with van der Waals surface area (Å²) in [6.45, 7) is 5.49. The molecule has 0 N–H and O–H groups in total. The first-order valence-electron chi connectivity index (χ1n) is 7.15. The summed E-state index contributed by atoms with van der Waals surface area (Å²) in [5.74, 6) is -0.687. The molecule has 1 saturated heterocycles. The van der Waals surface area contributed by atoms with Crippen LogP contribution in [0.2, 0.25) is 0 Å². The monoisotopic (exact) mass is 304 g/mol. The predicted octanol–water partition coefficient (Wildman–Crippen LogP) is 2.25. The van der Waals surface area contributed by atoms with Crippen molar-refractivity contribution in [3.05, 3.63) is 35.9 Å². The summed E-state index contributed by atoms with van der Waals surface area (Å²) in [6.07, 6.45) is -0.413. The molecule has 0 unspecified atom stereocenters. The third-order valence-electron chi connectivity index (χ3n) is 3.13. The SMILES string of the molecule is CC(C)(C)OC(=O)N1CCC(=O)N(C(=O)c2ccccc2)C1. The second kappa shape index (κ2) is 6.17. The highest BCUT2D eigenvalue weighted by Gasteiger charge is 2.33. The fourth-order valence-electron chi connectivity index (χ4n) is 2.08. The molecule has 0 spiro atoms. The zero-order valence-corrected chi connectivity index (χ0v) is 13.0. The van der Waals surface area contributed by atoms with Crippen molar-refractivity contribution in [1.29, 1.82) is 0 Å². The average molecular weight is 304 g/mol. The van der Waals surface area contributed by atoms with Gasteiger partial charge in [-0.1, -0.05) is 18.2 Å². The van der Waals surface area contributed by atoms with E-state index >= 15 is 0 Å². The molecule has 6 nitrogen and oxygen atoms in total. The molecule has 0 bridgehead atoms. The van der Waals surface area contributed by atoms with Gasteiger partial charge in [0.2, 0.25) is 5.91 Å². The van der Waals surface area contributed by atoms with Gasteiger partial charge >= 0.3 is 6.09 Å². The number of nitrogens with zero attached hydrogens (tertiary/aromatic N) is 2. The lowest BCUT2D eigenvalue weighted by Crippen LogP contribution is -2.53. The number of carbonyl (C=O) groups is 3. The van der Waals surface area contributed by atoms with Crippen LogP contribution in [0, 0.1) is 0 Å². The number of imide groups is 1. The Labute approximate surface area is 129 Å². The smallest absolute Gasteiger partial charge is 0.411 e. The molecule has 1 aromatic rings. The maximum atomic E-state index is 12.4. The van der Waals surface area contributed by atoms with Crippen LogP contribution in [-0.4, -0.2) is 46.5 Å². The van der Waals surface area contributed by atoms with Crippen molar-refractivity contribution < 1.29 is 19.1 Å². The Hall–Kier alpha value is -2.37. The second-order valence-corrected chi connectivity index (χ2v) is 6.13. The Balaban J connectivity index is 2.10. The highest BCUT2D eigenvalue weighted by atomic mass is 16.6. The van der Waals surface area contributed by atoms with E-state index in [2.05, 4.69) is 0 Å². The summed E-state index contributed by atoms with van der Waals surface area (Å²) in [4.78, 5) is 38.9. The largest absolute Gasteiger partial charge is 0.444 e. The topological polar surface area (TPSA) is 66.9 Å². The minimum atomic E-state index is -0.618. The first-order valence-corrected chi connectivity index (χ1v) is 7.15. The Bertz CT molecular complexity index is 578. The van der Waals surface area contributed by atoms with Gasteiger partial charge in [-0.15, -0.1) is 0 Å². The predicted molar refractivity (Wildman–Crippen MR) is 80.0 cm³/mol. The molecule has 0 saturated carbocycles. The van der Waals surface area contributed by atoms with Crippen molar-refractivity contribution in [1.82, 2.24) is 9.80 Å². The van der Waals surface area contributed by atoms with Crippen molar-refractivity contribution in [2.75, 3.05) is 13.2 Å². The van der Waals surface area contributed by atoms with Crippen LogP contribution in [0.5, 0.6) is 0 Å². The van der Waals surface area contributed by atoms with Gasteiger partial charge in [0.1, 0.15) is 12.3 Å². The molecule has 2 rings (SSSR count). The van der Waals surface area contributed by atoms with Gasteiger partial charge in [0.15, 0.2) is 0 Å². The van der Waals surface area contributed by atoms with E-state index in [1.54, 1.807) is 51.1 Å². The molecule has 3 amide bonds. The zero-order valence-electron chi connectivity index (χ0n) is 13.0. The van der Waals surface area contributed by atoms with Gasteiger partial charge in [-0.2, -0.15) is 0 Å². The average Bonchev–Trinajstić information content (AvgIpc) is 2.46. The van der Waals surface area contributed by atoms with Crippen LogP contribution in [-0.2, 0) is 9.53 Å². The third-order valence-corrected chi connectivity index (χ3v) is 3.13. The molecule has 118 valence electrons. The van der Waals surface area contributed by atoms with Gasteiger partial charge in [-0.05, 0) is 32.9 Å². The van der Waals surface area contributed by atoms with Gasteiger partial charge in [-0.3, -0.25) is 19.4 Å². The van der Waals surface area contributed by atoms with Gasteiger partial charge in [-0.25, -0.2) is 4.79 Å². The van der Waals surface area contributed by atoms with Crippen molar-refractivity contribution >= 4 is 17.9 Å². The maximum absolute atomic E-state index is 12.4. The van der Waals surface area contributed by atoms with Crippen LogP contribution in [0.1, 0.15) is 37.6 Å². The highest BCUT2D eigenvalue weighted by Crippen LogP contribution is 2.16. The number of hydrogen-bond acceptors (Lipinski definition) is 4. The summed E-state index contributed by atoms with van der Waals surface area (Å²) in [6, 6.07) is 8.53. The van der Waals surface area contributed by atoms with Crippen molar-refractivity contribution in [2.45, 2.75) is 32.8 Å². The molecule has 1 fully saturated rings. The number of amides is 3. The number of hydrogen-bond donors (Lipinski definition) is 0. The number of benzene rings is 1. The molecule has 0 atom stereocenters. The van der Waals surface area contributed by atoms with E-state index in [0.717, 1.165) is 4.90 Å². The highest BCUT2D eigenvalue weighted by molar-refractivity contribution is 6.05. The Morgan fingerprint density at radius 1 is 1.14 bits per heavy atom. The molecular weight excluding hydrogens is 284 g/mol. The molecule has 6 heteroatoms. The molecule has 1 heterocycles. The maximum Gasteiger partial charge on any atom is 0.411 e. The van der Waals surface area contributed by atoms with Crippen LogP contribution in [0.4, 0.5) is 4.79 Å². The standard InChI is InChI=1S/C16H20N2O4/c1-16(2,3)22-15(21)17-10-9-13(19)18(11-17)14(20)12-7-5-4-6-8-12/h4-8H,9-11H2,1-3H3. The van der Waals surface area contributed by atoms with E-state index in [1.807, 2.05) is 0 Å². The molecule has 0 aromatic heterocycles. The molecule has 22 heavy (non-hydrogen) atoms. The Morgan fingerprint density at radius 2 is 1.77 bits per heavy atom. The lowest BCUT2D eigenvalue weighted by Gasteiger charge is -2.35. The third kappa shape index (κ3) is 3.84. The first kappa shape index (κ1) is 16.0. The normalized spacial score (nSPS) is 15.7. The number of carbonyl (C=O) groups excluding carboxylic acids is 3. The van der Waals surface area contributed by atoms with Gasteiger partial charge in [0, 0.05) is 18.5 Å². The molecule has 1 aromatic carbocycles. The summed E-state index contributed by atoms with van der Waals surface area (Å²) < 4.78 is 5.28. The zero-order chi connectivity index (χ0) is 16.3. The molecule has 0 aliphatic carbocycles. The molecule has 1 aliphatic rings. The summed E-state index contributed by atoms with van der Waals surface area (Å²) in [5, 5.41) is 0. The Kier molecular flexibility index (Phi) is 4.49. The van der Waals surface area contributed by atoms with E-state index in [-0.39, 0.29) is 25.5 Å². The van der Waals surface area contributed by atoms with Crippen LogP contribution in [0.3, 0.4) is 0 Å². The van der Waals surface area contributed by atoms with Crippen molar-refractivity contribution in [3.8, 4) is 0 Å². The van der Waals surface area contributed by atoms with E-state index in [1.165, 1.54) is 4.90 Å². The summed E-state index contributed by atoms with van der Waals surface area (Å²) in [7, 11) is 0. The lowest BCUT2D eigenvalue weighted by atomic mass is 10.2. The fraction of sp³-hybridized carbons (Fsp3) is 0.438. The summed E-state index contributed by atoms with van der Waals surface area (Å²) in [5.41, 5.74) is -0.200. The van der Waals surface area contributed by atoms with E-state index in [9.17, 15) is 14.4 Å². The number of ether oxygens (including phenoxy) is 1. The fourth-order valence-corrected chi connectivity index (χ4v) is 2.08. The minimum absolute atomic E-state index is 0.0819. The second-order valence-electron chi connectivity index (χ2n) is 6.13. The quantitative estimate of drug-likeness (QED) is 0.746. The van der Waals surface area contributed by atoms with E-state index < -0.39 is 17.6 Å². The van der Waals surface area contributed by atoms with Crippen LogP contribution in [0.25, 0.3) is 0 Å². The van der Waals surface area contributed by atoms with Crippen molar-refractivity contribution in [2.24, 2.45) is 0 Å². The van der Waals surface area contributed by atoms with Crippen LogP contribution < -0.4 is 0 Å². The van der Waals surface area contributed by atoms with Crippen molar-refractivity contribution in [3.63, 3.8) is 0 Å². The molecule has 1 aliphatic heterocycles. The first-order chi connectivity index (χ1) is 10.3. The van der Waals surface area contributed by atoms with E-state index in [4.69, 9.17) is 4.74 Å². The van der Waals surface area contributed by atoms with Gasteiger partial charge in [0.25, 0.3) is 5.91 Å². The Morgan fingerprint density at radius 3 is 2.36 bits per heavy atom. The van der Waals surface area contributed by atoms with Gasteiger partial charge in [0.05, 0.1) is 0 Å². The van der Waals surface area contributed by atoms with Gasteiger partial charge < -0.3 is 4.74 Å². The van der Waals surface area contributed by atoms with E-state index in [0.29, 0.717) is 5.56 Å². The molecular formula is C16H20N2O4. The van der Waals surface area contributed by atoms with Crippen LogP contribution >= 0.6 is 0 Å².